The van der Waals surface area contributed by atoms with Crippen molar-refractivity contribution < 1.29 is 4.79 Å². The number of ketones is 1. The smallest absolute Gasteiger partial charge is 0.184 e. The number of rotatable bonds is 6. The lowest BCUT2D eigenvalue weighted by atomic mass is 9.82. The van der Waals surface area contributed by atoms with Gasteiger partial charge in [0.2, 0.25) is 0 Å². The van der Waals surface area contributed by atoms with Crippen molar-refractivity contribution in [3.8, 4) is 0 Å². The van der Waals surface area contributed by atoms with E-state index in [1.165, 1.54) is 16.7 Å². The molecule has 29 heavy (non-hydrogen) atoms. The van der Waals surface area contributed by atoms with E-state index >= 15 is 0 Å². The van der Waals surface area contributed by atoms with E-state index < -0.39 is 0 Å². The predicted octanol–water partition coefficient (Wildman–Crippen LogP) is 8.74. The molecule has 0 N–H and O–H groups in total. The first-order valence-corrected chi connectivity index (χ1v) is 10.3. The third-order valence-electron chi connectivity index (χ3n) is 4.68. The minimum absolute atomic E-state index is 0.0951. The molecule has 0 spiro atoms. The summed E-state index contributed by atoms with van der Waals surface area (Å²) in [6, 6.07) is 0. The fourth-order valence-electron chi connectivity index (χ4n) is 2.37. The molecule has 0 aliphatic carbocycles. The Morgan fingerprint density at radius 3 is 1.62 bits per heavy atom. The molecular formula is C28H44O. The van der Waals surface area contributed by atoms with Crippen LogP contribution < -0.4 is 0 Å². The van der Waals surface area contributed by atoms with E-state index in [1.54, 1.807) is 12.2 Å². The molecule has 0 heterocycles. The van der Waals surface area contributed by atoms with Gasteiger partial charge in [-0.1, -0.05) is 108 Å². The van der Waals surface area contributed by atoms with Crippen molar-refractivity contribution in [3.63, 3.8) is 0 Å². The summed E-state index contributed by atoms with van der Waals surface area (Å²) >= 11 is 0. The lowest BCUT2D eigenvalue weighted by Crippen LogP contribution is -2.18. The maximum atomic E-state index is 11.9. The van der Waals surface area contributed by atoms with Gasteiger partial charge < -0.3 is 0 Å². The van der Waals surface area contributed by atoms with Gasteiger partial charge in [-0.2, -0.15) is 0 Å². The van der Waals surface area contributed by atoms with Crippen LogP contribution in [-0.2, 0) is 4.79 Å². The summed E-state index contributed by atoms with van der Waals surface area (Å²) < 4.78 is 0. The Hall–Kier alpha value is -2.15. The largest absolute Gasteiger partial charge is 0.289 e. The number of Topliss-reactive ketones (excluding diaryl/α,β-unsaturated/α-hetero) is 1. The molecule has 162 valence electrons. The first-order valence-electron chi connectivity index (χ1n) is 10.3. The molecule has 0 saturated heterocycles. The number of hydrogen-bond donors (Lipinski definition) is 0. The van der Waals surface area contributed by atoms with Gasteiger partial charge in [0.1, 0.15) is 0 Å². The van der Waals surface area contributed by atoms with E-state index in [-0.39, 0.29) is 16.6 Å². The molecule has 0 aromatic carbocycles. The fraction of sp³-hybridized carbons (Fsp3) is 0.464. The average molecular weight is 397 g/mol. The van der Waals surface area contributed by atoms with Crippen molar-refractivity contribution in [1.29, 1.82) is 0 Å². The van der Waals surface area contributed by atoms with Crippen LogP contribution in [0, 0.1) is 10.8 Å². The van der Waals surface area contributed by atoms with Gasteiger partial charge in [0.25, 0.3) is 0 Å². The predicted molar refractivity (Wildman–Crippen MR) is 133 cm³/mol. The van der Waals surface area contributed by atoms with Crippen LogP contribution in [-0.4, -0.2) is 5.78 Å². The monoisotopic (exact) mass is 396 g/mol. The molecule has 1 heteroatoms. The molecule has 0 aliphatic rings. The molecule has 0 unspecified atom stereocenters. The molecule has 0 fully saturated rings. The second-order valence-corrected chi connectivity index (χ2v) is 9.33. The zero-order valence-electron chi connectivity index (χ0n) is 20.9. The van der Waals surface area contributed by atoms with Gasteiger partial charge in [0.05, 0.1) is 0 Å². The maximum Gasteiger partial charge on any atom is 0.184 e. The average Bonchev–Trinajstić information content (AvgIpc) is 2.59. The summed E-state index contributed by atoms with van der Waals surface area (Å²) in [5, 5.41) is 0. The third kappa shape index (κ3) is 12.1. The first kappa shape index (κ1) is 29.1. The number of carbonyl (C=O) groups is 1. The Bertz CT molecular complexity index is 717. The molecule has 0 bridgehead atoms. The zero-order chi connectivity index (χ0) is 23.4. The molecule has 0 amide bonds. The van der Waals surface area contributed by atoms with Gasteiger partial charge in [0, 0.05) is 5.57 Å². The molecule has 0 saturated carbocycles. The summed E-state index contributed by atoms with van der Waals surface area (Å²) in [5.41, 5.74) is 5.58. The fourth-order valence-corrected chi connectivity index (χ4v) is 2.37. The quantitative estimate of drug-likeness (QED) is 0.324. The summed E-state index contributed by atoms with van der Waals surface area (Å²) in [6.07, 6.45) is 13.7. The first-order chi connectivity index (χ1) is 13.1. The third-order valence-corrected chi connectivity index (χ3v) is 4.68. The topological polar surface area (TPSA) is 17.1 Å². The number of hydrogen-bond acceptors (Lipinski definition) is 1. The van der Waals surface area contributed by atoms with Crippen LogP contribution in [0.5, 0.6) is 0 Å². The Labute approximate surface area is 181 Å². The van der Waals surface area contributed by atoms with Gasteiger partial charge in [-0.15, -0.1) is 0 Å². The van der Waals surface area contributed by atoms with E-state index in [0.29, 0.717) is 0 Å². The second-order valence-electron chi connectivity index (χ2n) is 9.33. The normalized spacial score (nSPS) is 14.8. The van der Waals surface area contributed by atoms with Crippen molar-refractivity contribution in [2.75, 3.05) is 0 Å². The van der Waals surface area contributed by atoms with Crippen LogP contribution in [0.25, 0.3) is 0 Å². The van der Waals surface area contributed by atoms with Crippen LogP contribution in [0.1, 0.15) is 76.2 Å². The Morgan fingerprint density at radius 2 is 1.31 bits per heavy atom. The van der Waals surface area contributed by atoms with Crippen LogP contribution in [0.15, 0.2) is 83.6 Å². The molecule has 0 aliphatic heterocycles. The molecule has 0 atom stereocenters. The van der Waals surface area contributed by atoms with Crippen molar-refractivity contribution in [3.05, 3.63) is 83.6 Å². The molecule has 0 aromatic rings. The Morgan fingerprint density at radius 1 is 0.793 bits per heavy atom. The van der Waals surface area contributed by atoms with Gasteiger partial charge in [0.15, 0.2) is 5.78 Å². The summed E-state index contributed by atoms with van der Waals surface area (Å²) in [5.74, 6) is 0.111. The van der Waals surface area contributed by atoms with E-state index in [2.05, 4.69) is 72.9 Å². The minimum atomic E-state index is -0.0951. The molecule has 0 radical (unpaired) electrons. The van der Waals surface area contributed by atoms with Crippen LogP contribution in [0.2, 0.25) is 0 Å². The Kier molecular flexibility index (Phi) is 13.2. The summed E-state index contributed by atoms with van der Waals surface area (Å²) in [6.45, 7) is 30.2. The van der Waals surface area contributed by atoms with Crippen molar-refractivity contribution in [1.82, 2.24) is 0 Å². The van der Waals surface area contributed by atoms with Gasteiger partial charge >= 0.3 is 0 Å². The van der Waals surface area contributed by atoms with Gasteiger partial charge in [-0.25, -0.2) is 0 Å². The van der Waals surface area contributed by atoms with E-state index in [4.69, 9.17) is 0 Å². The van der Waals surface area contributed by atoms with Gasteiger partial charge in [-0.3, -0.25) is 4.79 Å². The number of carbonyl (C=O) groups excluding carboxylic acids is 1. The second kappa shape index (κ2) is 13.1. The lowest BCUT2D eigenvalue weighted by molar-refractivity contribution is -0.113. The van der Waals surface area contributed by atoms with Crippen LogP contribution >= 0.6 is 0 Å². The van der Waals surface area contributed by atoms with E-state index in [1.807, 2.05) is 46.8 Å². The number of allylic oxidation sites excluding steroid dienone is 12. The Balaban J connectivity index is 0. The highest BCUT2D eigenvalue weighted by Gasteiger charge is 2.23. The molecular weight excluding hydrogens is 352 g/mol. The SMILES string of the molecule is C=C/C(C)=C\C(=CC)/C=C(\C)C(C)(C)C.C=C/C=C(/C)C(=O)/C(=C\C)C(C)(C)C. The minimum Gasteiger partial charge on any atom is -0.289 e. The van der Waals surface area contributed by atoms with Gasteiger partial charge in [-0.05, 0) is 56.6 Å². The highest BCUT2D eigenvalue weighted by Crippen LogP contribution is 2.28. The van der Waals surface area contributed by atoms with Crippen molar-refractivity contribution >= 4 is 5.78 Å². The highest BCUT2D eigenvalue weighted by atomic mass is 16.1. The molecule has 1 nitrogen and oxygen atoms in total. The van der Waals surface area contributed by atoms with E-state index in [9.17, 15) is 4.79 Å². The van der Waals surface area contributed by atoms with Crippen LogP contribution in [0.3, 0.4) is 0 Å². The highest BCUT2D eigenvalue weighted by molar-refractivity contribution is 6.08. The zero-order valence-corrected chi connectivity index (χ0v) is 20.9. The molecule has 0 aromatic heterocycles. The van der Waals surface area contributed by atoms with Crippen molar-refractivity contribution in [2.24, 2.45) is 10.8 Å². The summed E-state index contributed by atoms with van der Waals surface area (Å²) in [4.78, 5) is 11.9. The van der Waals surface area contributed by atoms with Crippen molar-refractivity contribution in [2.45, 2.75) is 76.2 Å². The van der Waals surface area contributed by atoms with Crippen LogP contribution in [0.4, 0.5) is 0 Å². The van der Waals surface area contributed by atoms with E-state index in [0.717, 1.165) is 11.1 Å². The summed E-state index contributed by atoms with van der Waals surface area (Å²) in [7, 11) is 0. The lowest BCUT2D eigenvalue weighted by Gasteiger charge is -2.21. The maximum absolute atomic E-state index is 11.9. The molecule has 0 rings (SSSR count). The standard InChI is InChI=1S/C15H24.C13H20O/c1-8-12(3)10-14(9-2)11-13(4)15(5,6)7;1-7-9-10(3)12(14)11(8-2)13(4,5)6/h8-11H,1H2,2-7H3;7-9H,1H2,2-6H3/b12-10-,13-11+,14-9?;10-9-,11-8+.